The van der Waals surface area contributed by atoms with Crippen molar-refractivity contribution < 1.29 is 24.0 Å². The van der Waals surface area contributed by atoms with Crippen molar-refractivity contribution in [2.45, 2.75) is 0 Å². The number of methoxy groups -OCH3 is 2. The third kappa shape index (κ3) is 2.49. The maximum absolute atomic E-state index is 11.9. The van der Waals surface area contributed by atoms with Gasteiger partial charge in [0, 0.05) is 6.20 Å². The number of nitro groups is 1. The highest BCUT2D eigenvalue weighted by Crippen LogP contribution is 2.27. The van der Waals surface area contributed by atoms with E-state index in [1.165, 1.54) is 12.3 Å². The van der Waals surface area contributed by atoms with Crippen LogP contribution >= 0.6 is 0 Å². The summed E-state index contributed by atoms with van der Waals surface area (Å²) in [6, 6.07) is 4.67. The van der Waals surface area contributed by atoms with E-state index >= 15 is 0 Å². The van der Waals surface area contributed by atoms with Crippen molar-refractivity contribution in [3.63, 3.8) is 0 Å². The van der Waals surface area contributed by atoms with Crippen LogP contribution in [0.2, 0.25) is 0 Å². The lowest BCUT2D eigenvalue weighted by molar-refractivity contribution is -0.385. The second kappa shape index (κ2) is 5.99. The zero-order chi connectivity index (χ0) is 16.3. The number of ether oxygens (including phenoxy) is 2. The minimum Gasteiger partial charge on any atom is -0.464 e. The van der Waals surface area contributed by atoms with Gasteiger partial charge in [-0.1, -0.05) is 6.07 Å². The Morgan fingerprint density at radius 2 is 1.91 bits per heavy atom. The van der Waals surface area contributed by atoms with Crippen molar-refractivity contribution in [2.75, 3.05) is 14.2 Å². The number of carbonyl (C=O) groups is 2. The first-order valence-corrected chi connectivity index (χ1v) is 5.86. The molecule has 0 bridgehead atoms. The molecule has 0 fully saturated rings. The van der Waals surface area contributed by atoms with Gasteiger partial charge in [0.1, 0.15) is 0 Å². The van der Waals surface area contributed by atoms with Crippen LogP contribution in [-0.2, 0) is 9.47 Å². The summed E-state index contributed by atoms with van der Waals surface area (Å²) in [5.74, 6) is -1.97. The van der Waals surface area contributed by atoms with Gasteiger partial charge in [0.15, 0.2) is 5.82 Å². The molecular weight excluding hydrogens is 296 g/mol. The van der Waals surface area contributed by atoms with E-state index in [1.807, 2.05) is 0 Å². The second-order valence-corrected chi connectivity index (χ2v) is 3.89. The molecule has 0 N–H and O–H groups in total. The number of esters is 2. The van der Waals surface area contributed by atoms with Crippen molar-refractivity contribution in [2.24, 2.45) is 0 Å². The zero-order valence-electron chi connectivity index (χ0n) is 11.5. The second-order valence-electron chi connectivity index (χ2n) is 3.89. The first-order chi connectivity index (χ1) is 10.5. The Balaban J connectivity index is 2.80. The quantitative estimate of drug-likeness (QED) is 0.460. The SMILES string of the molecule is COC(=O)c1nn(-c2ccccn2)c(C(=O)OC)c1[N+](=O)[O-]. The van der Waals surface area contributed by atoms with E-state index in [0.717, 1.165) is 18.9 Å². The summed E-state index contributed by atoms with van der Waals surface area (Å²) >= 11 is 0. The molecule has 0 spiro atoms. The van der Waals surface area contributed by atoms with Gasteiger partial charge in [0.2, 0.25) is 11.4 Å². The number of pyridine rings is 1. The minimum absolute atomic E-state index is 0.112. The predicted octanol–water partition coefficient (Wildman–Crippen LogP) is 0.749. The monoisotopic (exact) mass is 306 g/mol. The lowest BCUT2D eigenvalue weighted by Gasteiger charge is -2.03. The topological polar surface area (TPSA) is 126 Å². The highest BCUT2D eigenvalue weighted by atomic mass is 16.6. The van der Waals surface area contributed by atoms with Gasteiger partial charge < -0.3 is 9.47 Å². The van der Waals surface area contributed by atoms with Crippen LogP contribution in [0, 0.1) is 10.1 Å². The number of rotatable bonds is 4. The molecule has 2 rings (SSSR count). The summed E-state index contributed by atoms with van der Waals surface area (Å²) in [7, 11) is 2.10. The van der Waals surface area contributed by atoms with E-state index < -0.39 is 33.9 Å². The molecule has 0 unspecified atom stereocenters. The summed E-state index contributed by atoms with van der Waals surface area (Å²) in [5.41, 5.74) is -1.94. The standard InChI is InChI=1S/C12H10N4O6/c1-21-11(17)8-9(16(19)20)10(12(18)22-2)15(14-8)7-5-3-4-6-13-7/h3-6H,1-2H3. The van der Waals surface area contributed by atoms with Crippen LogP contribution in [-0.4, -0.2) is 45.8 Å². The summed E-state index contributed by atoms with van der Waals surface area (Å²) in [5, 5.41) is 15.0. The van der Waals surface area contributed by atoms with Crippen LogP contribution in [0.1, 0.15) is 21.0 Å². The average Bonchev–Trinajstić information content (AvgIpc) is 2.94. The lowest BCUT2D eigenvalue weighted by Crippen LogP contribution is -2.13. The zero-order valence-corrected chi connectivity index (χ0v) is 11.5. The molecular formula is C12H10N4O6. The molecule has 2 aromatic rings. The molecule has 0 aliphatic rings. The van der Waals surface area contributed by atoms with Crippen LogP contribution in [0.15, 0.2) is 24.4 Å². The van der Waals surface area contributed by atoms with Crippen LogP contribution in [0.5, 0.6) is 0 Å². The molecule has 0 aromatic carbocycles. The first-order valence-electron chi connectivity index (χ1n) is 5.86. The Labute approximate surface area is 123 Å². The number of aromatic nitrogens is 3. The van der Waals surface area contributed by atoms with Gasteiger partial charge in [-0.2, -0.15) is 5.10 Å². The van der Waals surface area contributed by atoms with E-state index in [1.54, 1.807) is 12.1 Å². The van der Waals surface area contributed by atoms with E-state index in [-0.39, 0.29) is 5.82 Å². The molecule has 0 saturated heterocycles. The molecule has 2 heterocycles. The molecule has 0 aliphatic heterocycles. The van der Waals surface area contributed by atoms with Crippen molar-refractivity contribution >= 4 is 17.6 Å². The fraction of sp³-hybridized carbons (Fsp3) is 0.167. The molecule has 0 radical (unpaired) electrons. The smallest absolute Gasteiger partial charge is 0.365 e. The Hall–Kier alpha value is -3.30. The normalized spacial score (nSPS) is 10.1. The summed E-state index contributed by atoms with van der Waals surface area (Å²) in [6.07, 6.45) is 1.40. The van der Waals surface area contributed by atoms with E-state index in [9.17, 15) is 19.7 Å². The fourth-order valence-electron chi connectivity index (χ4n) is 1.74. The Kier molecular flexibility index (Phi) is 4.11. The van der Waals surface area contributed by atoms with Gasteiger partial charge in [-0.25, -0.2) is 19.3 Å². The molecule has 22 heavy (non-hydrogen) atoms. The van der Waals surface area contributed by atoms with Crippen molar-refractivity contribution in [3.8, 4) is 5.82 Å². The van der Waals surface area contributed by atoms with Crippen LogP contribution in [0.4, 0.5) is 5.69 Å². The Morgan fingerprint density at radius 3 is 2.41 bits per heavy atom. The highest BCUT2D eigenvalue weighted by molar-refractivity contribution is 6.00. The molecule has 0 amide bonds. The summed E-state index contributed by atoms with van der Waals surface area (Å²) in [6.45, 7) is 0. The summed E-state index contributed by atoms with van der Waals surface area (Å²) < 4.78 is 9.86. The first kappa shape index (κ1) is 15.1. The van der Waals surface area contributed by atoms with Gasteiger partial charge in [-0.05, 0) is 12.1 Å². The largest absolute Gasteiger partial charge is 0.464 e. The molecule has 0 saturated carbocycles. The van der Waals surface area contributed by atoms with Crippen molar-refractivity contribution in [3.05, 3.63) is 45.9 Å². The lowest BCUT2D eigenvalue weighted by atomic mass is 10.3. The van der Waals surface area contributed by atoms with Crippen LogP contribution < -0.4 is 0 Å². The highest BCUT2D eigenvalue weighted by Gasteiger charge is 2.37. The van der Waals surface area contributed by atoms with Gasteiger partial charge in [-0.3, -0.25) is 10.1 Å². The molecule has 10 heteroatoms. The molecule has 114 valence electrons. The Bertz CT molecular complexity index is 740. The predicted molar refractivity (Wildman–Crippen MR) is 70.7 cm³/mol. The maximum atomic E-state index is 11.9. The van der Waals surface area contributed by atoms with Crippen molar-refractivity contribution in [1.82, 2.24) is 14.8 Å². The van der Waals surface area contributed by atoms with Gasteiger partial charge in [0.25, 0.3) is 0 Å². The van der Waals surface area contributed by atoms with Crippen LogP contribution in [0.3, 0.4) is 0 Å². The van der Waals surface area contributed by atoms with E-state index in [4.69, 9.17) is 0 Å². The molecule has 2 aromatic heterocycles. The van der Waals surface area contributed by atoms with Gasteiger partial charge >= 0.3 is 17.6 Å². The average molecular weight is 306 g/mol. The van der Waals surface area contributed by atoms with Gasteiger partial charge in [-0.15, -0.1) is 0 Å². The number of hydrogen-bond donors (Lipinski definition) is 0. The minimum atomic E-state index is -1.05. The number of carbonyl (C=O) groups excluding carboxylic acids is 2. The van der Waals surface area contributed by atoms with Crippen molar-refractivity contribution in [1.29, 1.82) is 0 Å². The third-order valence-corrected chi connectivity index (χ3v) is 2.67. The number of nitrogens with zero attached hydrogens (tertiary/aromatic N) is 4. The van der Waals surface area contributed by atoms with Crippen LogP contribution in [0.25, 0.3) is 5.82 Å². The molecule has 0 aliphatic carbocycles. The molecule has 0 atom stereocenters. The van der Waals surface area contributed by atoms with Gasteiger partial charge in [0.05, 0.1) is 19.1 Å². The third-order valence-electron chi connectivity index (χ3n) is 2.67. The van der Waals surface area contributed by atoms with E-state index in [2.05, 4.69) is 19.6 Å². The summed E-state index contributed by atoms with van der Waals surface area (Å²) in [4.78, 5) is 37.9. The maximum Gasteiger partial charge on any atom is 0.365 e. The Morgan fingerprint density at radius 1 is 1.23 bits per heavy atom. The number of hydrogen-bond acceptors (Lipinski definition) is 8. The molecule has 10 nitrogen and oxygen atoms in total. The fourth-order valence-corrected chi connectivity index (χ4v) is 1.74. The van der Waals surface area contributed by atoms with E-state index in [0.29, 0.717) is 0 Å².